The largest absolute Gasteiger partial charge is 0.497 e. The van der Waals surface area contributed by atoms with Gasteiger partial charge in [0.1, 0.15) is 23.8 Å². The molecule has 0 saturated heterocycles. The summed E-state index contributed by atoms with van der Waals surface area (Å²) in [7, 11) is 1.63. The molecule has 2 aromatic carbocycles. The first-order valence-corrected chi connectivity index (χ1v) is 9.41. The van der Waals surface area contributed by atoms with Crippen LogP contribution < -0.4 is 15.2 Å². The molecule has 1 fully saturated rings. The lowest BCUT2D eigenvalue weighted by atomic mass is 10.1. The third-order valence-corrected chi connectivity index (χ3v) is 4.76. The van der Waals surface area contributed by atoms with Crippen LogP contribution in [-0.4, -0.2) is 35.8 Å². The van der Waals surface area contributed by atoms with Crippen LogP contribution in [0.5, 0.6) is 11.5 Å². The molecule has 0 atom stereocenters. The van der Waals surface area contributed by atoms with Gasteiger partial charge in [-0.2, -0.15) is 5.10 Å². The minimum absolute atomic E-state index is 0.122. The minimum atomic E-state index is 0.122. The van der Waals surface area contributed by atoms with E-state index in [2.05, 4.69) is 5.10 Å². The molecule has 6 heteroatoms. The highest BCUT2D eigenvalue weighted by Crippen LogP contribution is 2.34. The number of carbonyl (C=O) groups excluding carboxylic acids is 1. The average molecular weight is 377 g/mol. The van der Waals surface area contributed by atoms with Gasteiger partial charge in [-0.3, -0.25) is 4.79 Å². The molecule has 0 unspecified atom stereocenters. The molecule has 6 nitrogen and oxygen atoms in total. The molecule has 0 bridgehead atoms. The van der Waals surface area contributed by atoms with E-state index < -0.39 is 0 Å². The first kappa shape index (κ1) is 18.3. The predicted molar refractivity (Wildman–Crippen MR) is 107 cm³/mol. The summed E-state index contributed by atoms with van der Waals surface area (Å²) >= 11 is 0. The summed E-state index contributed by atoms with van der Waals surface area (Å²) in [4.78, 5) is 12.6. The van der Waals surface area contributed by atoms with E-state index in [0.717, 1.165) is 41.3 Å². The van der Waals surface area contributed by atoms with E-state index in [0.29, 0.717) is 18.8 Å². The second-order valence-corrected chi connectivity index (χ2v) is 6.82. The summed E-state index contributed by atoms with van der Waals surface area (Å²) < 4.78 is 12.6. The van der Waals surface area contributed by atoms with Crippen LogP contribution in [0.2, 0.25) is 0 Å². The molecule has 4 rings (SSSR count). The van der Waals surface area contributed by atoms with Gasteiger partial charge >= 0.3 is 0 Å². The maximum atomic E-state index is 12.6. The van der Waals surface area contributed by atoms with Crippen LogP contribution in [0.4, 0.5) is 0 Å². The van der Waals surface area contributed by atoms with Crippen LogP contribution in [0.3, 0.4) is 0 Å². The van der Waals surface area contributed by atoms with Gasteiger partial charge < -0.3 is 15.2 Å². The number of hydrogen-bond acceptors (Lipinski definition) is 5. The zero-order chi connectivity index (χ0) is 19.5. The van der Waals surface area contributed by atoms with Crippen LogP contribution in [0.1, 0.15) is 23.3 Å². The fraction of sp³-hybridized carbons (Fsp3) is 0.273. The number of Topliss-reactive ketones (excluding diaryl/α,β-unsaturated/α-hetero) is 1. The maximum absolute atomic E-state index is 12.6. The highest BCUT2D eigenvalue weighted by Gasteiger charge is 2.32. The van der Waals surface area contributed by atoms with Crippen molar-refractivity contribution in [2.24, 2.45) is 11.7 Å². The lowest BCUT2D eigenvalue weighted by molar-refractivity contribution is 0.0962. The second kappa shape index (κ2) is 7.86. The Bertz CT molecular complexity index is 958. The Kier molecular flexibility index (Phi) is 5.12. The van der Waals surface area contributed by atoms with E-state index in [9.17, 15) is 4.79 Å². The van der Waals surface area contributed by atoms with Gasteiger partial charge in [-0.15, -0.1) is 0 Å². The predicted octanol–water partition coefficient (Wildman–Crippen LogP) is 3.48. The third kappa shape index (κ3) is 3.77. The molecule has 3 aromatic rings. The van der Waals surface area contributed by atoms with Crippen molar-refractivity contribution >= 4 is 5.78 Å². The Balaban J connectivity index is 1.72. The summed E-state index contributed by atoms with van der Waals surface area (Å²) in [5.41, 5.74) is 8.68. The van der Waals surface area contributed by atoms with Crippen molar-refractivity contribution in [1.29, 1.82) is 0 Å². The molecule has 1 aliphatic rings. The summed E-state index contributed by atoms with van der Waals surface area (Å²) in [6, 6.07) is 17.2. The van der Waals surface area contributed by atoms with Crippen molar-refractivity contribution in [2.45, 2.75) is 12.8 Å². The number of benzene rings is 2. The Morgan fingerprint density at radius 2 is 1.79 bits per heavy atom. The summed E-state index contributed by atoms with van der Waals surface area (Å²) in [6.45, 7) is 0.946. The molecule has 28 heavy (non-hydrogen) atoms. The van der Waals surface area contributed by atoms with Gasteiger partial charge in [0.05, 0.1) is 18.5 Å². The molecular weight excluding hydrogens is 354 g/mol. The van der Waals surface area contributed by atoms with E-state index in [1.807, 2.05) is 59.3 Å². The standard InChI is InChI=1S/C22H23N3O3/c1-27-18-10-6-17(7-11-18)25-21(14-20(24-25)22(26)16-2-3-16)15-4-8-19(9-5-15)28-13-12-23/h4-11,14,16H,2-3,12-13,23H2,1H3. The van der Waals surface area contributed by atoms with Crippen molar-refractivity contribution in [3.63, 3.8) is 0 Å². The minimum Gasteiger partial charge on any atom is -0.497 e. The first-order chi connectivity index (χ1) is 13.7. The zero-order valence-corrected chi connectivity index (χ0v) is 15.8. The Morgan fingerprint density at radius 1 is 1.11 bits per heavy atom. The van der Waals surface area contributed by atoms with Gasteiger partial charge in [0.25, 0.3) is 0 Å². The Labute approximate surface area is 163 Å². The van der Waals surface area contributed by atoms with Crippen molar-refractivity contribution < 1.29 is 14.3 Å². The number of methoxy groups -OCH3 is 1. The molecule has 0 spiro atoms. The smallest absolute Gasteiger partial charge is 0.186 e. The van der Waals surface area contributed by atoms with Crippen molar-refractivity contribution in [2.75, 3.05) is 20.3 Å². The topological polar surface area (TPSA) is 79.4 Å². The quantitative estimate of drug-likeness (QED) is 0.608. The number of rotatable bonds is 8. The highest BCUT2D eigenvalue weighted by atomic mass is 16.5. The molecule has 0 radical (unpaired) electrons. The van der Waals surface area contributed by atoms with E-state index in [-0.39, 0.29) is 11.7 Å². The lowest BCUT2D eigenvalue weighted by Gasteiger charge is -2.10. The third-order valence-electron chi connectivity index (χ3n) is 4.76. The summed E-state index contributed by atoms with van der Waals surface area (Å²) in [6.07, 6.45) is 1.91. The van der Waals surface area contributed by atoms with Gasteiger partial charge in [0.15, 0.2) is 5.78 Å². The number of aromatic nitrogens is 2. The number of hydrogen-bond donors (Lipinski definition) is 1. The molecule has 2 N–H and O–H groups in total. The Hall–Kier alpha value is -3.12. The lowest BCUT2D eigenvalue weighted by Crippen LogP contribution is -2.10. The van der Waals surface area contributed by atoms with Crippen LogP contribution in [0, 0.1) is 5.92 Å². The number of ketones is 1. The van der Waals surface area contributed by atoms with Crippen LogP contribution in [-0.2, 0) is 0 Å². The number of nitrogens with zero attached hydrogens (tertiary/aromatic N) is 2. The highest BCUT2D eigenvalue weighted by molar-refractivity contribution is 5.98. The molecule has 1 aliphatic carbocycles. The number of carbonyl (C=O) groups is 1. The van der Waals surface area contributed by atoms with Gasteiger partial charge in [-0.05, 0) is 67.4 Å². The van der Waals surface area contributed by atoms with Gasteiger partial charge in [0.2, 0.25) is 0 Å². The van der Waals surface area contributed by atoms with Crippen LogP contribution in [0.15, 0.2) is 54.6 Å². The van der Waals surface area contributed by atoms with E-state index in [1.165, 1.54) is 0 Å². The maximum Gasteiger partial charge on any atom is 0.186 e. The normalized spacial score (nSPS) is 13.4. The fourth-order valence-corrected chi connectivity index (χ4v) is 3.08. The second-order valence-electron chi connectivity index (χ2n) is 6.82. The van der Waals surface area contributed by atoms with Crippen LogP contribution in [0.25, 0.3) is 16.9 Å². The fourth-order valence-electron chi connectivity index (χ4n) is 3.08. The molecule has 144 valence electrons. The van der Waals surface area contributed by atoms with Gasteiger partial charge in [-0.25, -0.2) is 4.68 Å². The van der Waals surface area contributed by atoms with Crippen molar-refractivity contribution in [1.82, 2.24) is 9.78 Å². The summed E-state index contributed by atoms with van der Waals surface area (Å²) in [5, 5.41) is 4.62. The van der Waals surface area contributed by atoms with Crippen LogP contribution >= 0.6 is 0 Å². The monoisotopic (exact) mass is 377 g/mol. The van der Waals surface area contributed by atoms with Gasteiger partial charge in [0, 0.05) is 18.0 Å². The molecule has 1 heterocycles. The zero-order valence-electron chi connectivity index (χ0n) is 15.8. The summed E-state index contributed by atoms with van der Waals surface area (Å²) in [5.74, 6) is 1.78. The molecule has 1 saturated carbocycles. The molecule has 0 aliphatic heterocycles. The average Bonchev–Trinajstić information content (AvgIpc) is 3.50. The first-order valence-electron chi connectivity index (χ1n) is 9.41. The van der Waals surface area contributed by atoms with E-state index in [1.54, 1.807) is 7.11 Å². The number of nitrogens with two attached hydrogens (primary N) is 1. The SMILES string of the molecule is COc1ccc(-n2nc(C(=O)C3CC3)cc2-c2ccc(OCCN)cc2)cc1. The Morgan fingerprint density at radius 3 is 2.39 bits per heavy atom. The van der Waals surface area contributed by atoms with Crippen molar-refractivity contribution in [3.05, 3.63) is 60.3 Å². The molecule has 0 amide bonds. The van der Waals surface area contributed by atoms with E-state index in [4.69, 9.17) is 15.2 Å². The van der Waals surface area contributed by atoms with Crippen molar-refractivity contribution in [3.8, 4) is 28.4 Å². The van der Waals surface area contributed by atoms with E-state index >= 15 is 0 Å². The molecular formula is C22H23N3O3. The van der Waals surface area contributed by atoms with Gasteiger partial charge in [-0.1, -0.05) is 0 Å². The number of ether oxygens (including phenoxy) is 2. The molecule has 1 aromatic heterocycles.